The summed E-state index contributed by atoms with van der Waals surface area (Å²) in [5.74, 6) is -0.286. The highest BCUT2D eigenvalue weighted by Crippen LogP contribution is 2.49. The van der Waals surface area contributed by atoms with Crippen LogP contribution in [0.1, 0.15) is 29.7 Å². The minimum atomic E-state index is -1.34. The van der Waals surface area contributed by atoms with E-state index >= 15 is 0 Å². The van der Waals surface area contributed by atoms with Gasteiger partial charge in [-0.2, -0.15) is 10.4 Å². The number of methoxy groups -OCH3 is 1. The number of benzene rings is 3. The number of pyridine rings is 1. The van der Waals surface area contributed by atoms with E-state index in [1.165, 1.54) is 35.2 Å². The number of hydrogen-bond acceptors (Lipinski definition) is 7. The van der Waals surface area contributed by atoms with E-state index in [2.05, 4.69) is 16.2 Å². The standard InChI is InChI=1S/C33H27FN6O4/c1-20-29-28(13-16-37-30(29)39(38-20)19-21-3-10-26(43-2)11-4-21)44-27-12-9-25(17-22(27)18-35)40(24-7-5-23(34)6-8-24)32(42)33(14-15-33)31(36)41/h3-13,16-17H,14-15,19H2,1-2H3,(H2,36,41). The van der Waals surface area contributed by atoms with Gasteiger partial charge in [0.05, 0.1) is 36.0 Å². The summed E-state index contributed by atoms with van der Waals surface area (Å²) < 4.78 is 27.0. The van der Waals surface area contributed by atoms with Gasteiger partial charge in [0.15, 0.2) is 5.65 Å². The van der Waals surface area contributed by atoms with Crippen molar-refractivity contribution in [3.8, 4) is 23.3 Å². The molecule has 1 saturated carbocycles. The first-order valence-corrected chi connectivity index (χ1v) is 13.8. The van der Waals surface area contributed by atoms with Crippen molar-refractivity contribution in [3.63, 3.8) is 0 Å². The van der Waals surface area contributed by atoms with E-state index in [-0.39, 0.29) is 11.3 Å². The molecule has 0 unspecified atom stereocenters. The lowest BCUT2D eigenvalue weighted by Gasteiger charge is -2.27. The molecular weight excluding hydrogens is 563 g/mol. The number of fused-ring (bicyclic) bond motifs is 1. The van der Waals surface area contributed by atoms with Crippen LogP contribution < -0.4 is 20.1 Å². The Bertz CT molecular complexity index is 1940. The Balaban J connectivity index is 1.35. The van der Waals surface area contributed by atoms with Gasteiger partial charge < -0.3 is 15.2 Å². The molecule has 6 rings (SSSR count). The van der Waals surface area contributed by atoms with Crippen LogP contribution in [0, 0.1) is 29.5 Å². The lowest BCUT2D eigenvalue weighted by molar-refractivity contribution is -0.133. The molecule has 220 valence electrons. The second kappa shape index (κ2) is 11.1. The average Bonchev–Trinajstić information content (AvgIpc) is 3.79. The third-order valence-electron chi connectivity index (χ3n) is 7.74. The van der Waals surface area contributed by atoms with Crippen molar-refractivity contribution < 1.29 is 23.5 Å². The van der Waals surface area contributed by atoms with Crippen LogP contribution >= 0.6 is 0 Å². The van der Waals surface area contributed by atoms with Crippen LogP contribution in [0.3, 0.4) is 0 Å². The molecule has 0 spiro atoms. The number of aryl methyl sites for hydroxylation is 1. The number of carbonyl (C=O) groups is 2. The predicted molar refractivity (Wildman–Crippen MR) is 160 cm³/mol. The number of ether oxygens (including phenoxy) is 2. The highest BCUT2D eigenvalue weighted by Gasteiger charge is 2.57. The number of amides is 2. The Labute approximate surface area is 252 Å². The van der Waals surface area contributed by atoms with Crippen molar-refractivity contribution in [2.24, 2.45) is 11.1 Å². The number of hydrogen-bond donors (Lipinski definition) is 1. The maximum absolute atomic E-state index is 13.7. The third-order valence-corrected chi connectivity index (χ3v) is 7.74. The fraction of sp³-hybridized carbons (Fsp3) is 0.182. The molecule has 2 heterocycles. The first-order valence-electron chi connectivity index (χ1n) is 13.8. The SMILES string of the molecule is COc1ccc(Cn2nc(C)c3c(Oc4ccc(N(C(=O)C5(C(N)=O)CC5)c5ccc(F)cc5)cc4C#N)ccnc32)cc1. The molecular formula is C33H27FN6O4. The van der Waals surface area contributed by atoms with Gasteiger partial charge in [-0.3, -0.25) is 14.5 Å². The molecule has 10 nitrogen and oxygen atoms in total. The van der Waals surface area contributed by atoms with Crippen LogP contribution in [0.4, 0.5) is 15.8 Å². The normalized spacial score (nSPS) is 13.2. The molecule has 0 atom stereocenters. The molecule has 2 amide bonds. The molecule has 11 heteroatoms. The fourth-order valence-electron chi connectivity index (χ4n) is 5.18. The first kappa shape index (κ1) is 28.4. The second-order valence-electron chi connectivity index (χ2n) is 10.6. The van der Waals surface area contributed by atoms with E-state index in [9.17, 15) is 19.2 Å². The largest absolute Gasteiger partial charge is 0.497 e. The lowest BCUT2D eigenvalue weighted by atomic mass is 10.0. The van der Waals surface area contributed by atoms with Crippen LogP contribution in [0.2, 0.25) is 0 Å². The lowest BCUT2D eigenvalue weighted by Crippen LogP contribution is -2.41. The molecule has 0 aliphatic heterocycles. The van der Waals surface area contributed by atoms with Gasteiger partial charge in [-0.15, -0.1) is 0 Å². The van der Waals surface area contributed by atoms with Gasteiger partial charge in [0.1, 0.15) is 34.5 Å². The third kappa shape index (κ3) is 5.07. The van der Waals surface area contributed by atoms with E-state index in [4.69, 9.17) is 15.2 Å². The number of rotatable bonds is 9. The quantitative estimate of drug-likeness (QED) is 0.223. The fourth-order valence-corrected chi connectivity index (χ4v) is 5.18. The van der Waals surface area contributed by atoms with Gasteiger partial charge in [-0.05, 0) is 86.0 Å². The first-order chi connectivity index (χ1) is 21.2. The molecule has 0 saturated heterocycles. The van der Waals surface area contributed by atoms with Crippen LogP contribution in [0.5, 0.6) is 17.2 Å². The number of halogens is 1. The second-order valence-corrected chi connectivity index (χ2v) is 10.6. The minimum Gasteiger partial charge on any atom is -0.497 e. The minimum absolute atomic E-state index is 0.138. The molecule has 3 aromatic carbocycles. The predicted octanol–water partition coefficient (Wildman–Crippen LogP) is 5.53. The molecule has 1 aliphatic rings. The summed E-state index contributed by atoms with van der Waals surface area (Å²) in [6.45, 7) is 2.33. The van der Waals surface area contributed by atoms with E-state index in [0.29, 0.717) is 53.2 Å². The van der Waals surface area contributed by atoms with Crippen LogP contribution in [0.25, 0.3) is 11.0 Å². The number of carbonyl (C=O) groups excluding carboxylic acids is 2. The van der Waals surface area contributed by atoms with E-state index in [1.807, 2.05) is 31.2 Å². The van der Waals surface area contributed by atoms with Crippen molar-refractivity contribution >= 4 is 34.2 Å². The number of nitrogens with two attached hydrogens (primary N) is 1. The van der Waals surface area contributed by atoms with E-state index < -0.39 is 23.0 Å². The van der Waals surface area contributed by atoms with Crippen LogP contribution in [0.15, 0.2) is 79.0 Å². The number of anilines is 2. The Morgan fingerprint density at radius 3 is 2.39 bits per heavy atom. The maximum Gasteiger partial charge on any atom is 0.247 e. The average molecular weight is 591 g/mol. The van der Waals surface area contributed by atoms with Crippen molar-refractivity contribution in [2.45, 2.75) is 26.3 Å². The molecule has 0 bridgehead atoms. The van der Waals surface area contributed by atoms with Gasteiger partial charge >= 0.3 is 0 Å². The van der Waals surface area contributed by atoms with Crippen molar-refractivity contribution in [1.29, 1.82) is 5.26 Å². The number of nitrogens with zero attached hydrogens (tertiary/aromatic N) is 5. The highest BCUT2D eigenvalue weighted by molar-refractivity contribution is 6.16. The summed E-state index contributed by atoms with van der Waals surface area (Å²) in [4.78, 5) is 31.7. The summed E-state index contributed by atoms with van der Waals surface area (Å²) in [5.41, 5.74) is 7.34. The Hall–Kier alpha value is -5.76. The molecule has 1 fully saturated rings. The van der Waals surface area contributed by atoms with Crippen molar-refractivity contribution in [1.82, 2.24) is 14.8 Å². The van der Waals surface area contributed by atoms with Crippen molar-refractivity contribution in [3.05, 3.63) is 102 Å². The molecule has 2 aromatic heterocycles. The highest BCUT2D eigenvalue weighted by atomic mass is 19.1. The Morgan fingerprint density at radius 2 is 1.75 bits per heavy atom. The van der Waals surface area contributed by atoms with Gasteiger partial charge in [0.25, 0.3) is 0 Å². The zero-order chi connectivity index (χ0) is 31.0. The number of aromatic nitrogens is 3. The smallest absolute Gasteiger partial charge is 0.247 e. The van der Waals surface area contributed by atoms with Gasteiger partial charge in [0.2, 0.25) is 11.8 Å². The van der Waals surface area contributed by atoms with E-state index in [1.54, 1.807) is 36.2 Å². The van der Waals surface area contributed by atoms with E-state index in [0.717, 1.165) is 11.3 Å². The Morgan fingerprint density at radius 1 is 1.05 bits per heavy atom. The summed E-state index contributed by atoms with van der Waals surface area (Å²) in [5, 5.41) is 15.5. The molecule has 5 aromatic rings. The summed E-state index contributed by atoms with van der Waals surface area (Å²) in [6, 6.07) is 21.5. The van der Waals surface area contributed by atoms with Gasteiger partial charge in [-0.1, -0.05) is 12.1 Å². The molecule has 1 aliphatic carbocycles. The zero-order valence-corrected chi connectivity index (χ0v) is 24.0. The monoisotopic (exact) mass is 590 g/mol. The molecule has 44 heavy (non-hydrogen) atoms. The summed E-state index contributed by atoms with van der Waals surface area (Å²) >= 11 is 0. The van der Waals surface area contributed by atoms with Crippen LogP contribution in [-0.4, -0.2) is 33.7 Å². The van der Waals surface area contributed by atoms with Gasteiger partial charge in [0, 0.05) is 11.9 Å². The van der Waals surface area contributed by atoms with Crippen LogP contribution in [-0.2, 0) is 16.1 Å². The zero-order valence-electron chi connectivity index (χ0n) is 24.0. The Kier molecular flexibility index (Phi) is 7.19. The summed E-state index contributed by atoms with van der Waals surface area (Å²) in [6.07, 6.45) is 2.24. The topological polar surface area (TPSA) is 136 Å². The van der Waals surface area contributed by atoms with Crippen molar-refractivity contribution in [2.75, 3.05) is 12.0 Å². The molecule has 0 radical (unpaired) electrons. The number of primary amides is 1. The molecule has 2 N–H and O–H groups in total. The maximum atomic E-state index is 13.7. The number of nitriles is 1. The van der Waals surface area contributed by atoms with Gasteiger partial charge in [-0.25, -0.2) is 14.1 Å². The summed E-state index contributed by atoms with van der Waals surface area (Å²) in [7, 11) is 1.62.